The summed E-state index contributed by atoms with van der Waals surface area (Å²) in [6.07, 6.45) is 4.57. The largest absolute Gasteiger partial charge is 0.458 e. The summed E-state index contributed by atoms with van der Waals surface area (Å²) >= 11 is 3.13. The molecule has 0 saturated carbocycles. The molecular formula is C7H9BrO2. The van der Waals surface area contributed by atoms with Gasteiger partial charge in [0.05, 0.1) is 0 Å². The molecule has 0 aliphatic heterocycles. The zero-order valence-corrected chi connectivity index (χ0v) is 7.13. The number of carbonyl (C=O) groups excluding carboxylic acids is 1. The molecule has 0 heterocycles. The van der Waals surface area contributed by atoms with Crippen LogP contribution in [-0.4, -0.2) is 17.9 Å². The van der Waals surface area contributed by atoms with Gasteiger partial charge in [0.2, 0.25) is 0 Å². The summed E-state index contributed by atoms with van der Waals surface area (Å²) in [5.41, 5.74) is 0. The molecule has 0 fully saturated rings. The lowest BCUT2D eigenvalue weighted by atomic mass is 10.5. The molecule has 2 nitrogen and oxygen atoms in total. The average Bonchev–Trinajstić information content (AvgIpc) is 1.97. The zero-order valence-electron chi connectivity index (χ0n) is 5.55. The van der Waals surface area contributed by atoms with E-state index in [-0.39, 0.29) is 12.6 Å². The zero-order chi connectivity index (χ0) is 7.82. The van der Waals surface area contributed by atoms with E-state index in [1.165, 1.54) is 12.2 Å². The summed E-state index contributed by atoms with van der Waals surface area (Å²) in [6, 6.07) is 0. The first-order chi connectivity index (χ1) is 4.81. The van der Waals surface area contributed by atoms with Crippen LogP contribution in [0.2, 0.25) is 0 Å². The van der Waals surface area contributed by atoms with Crippen molar-refractivity contribution in [3.63, 3.8) is 0 Å². The molecule has 3 heteroatoms. The molecule has 0 radical (unpaired) electrons. The van der Waals surface area contributed by atoms with Gasteiger partial charge in [0, 0.05) is 11.4 Å². The van der Waals surface area contributed by atoms with E-state index in [0.717, 1.165) is 0 Å². The fourth-order valence-corrected chi connectivity index (χ4v) is 0.517. The van der Waals surface area contributed by atoms with Crippen LogP contribution in [0.25, 0.3) is 0 Å². The number of ether oxygens (including phenoxy) is 1. The van der Waals surface area contributed by atoms with Crippen LogP contribution in [0, 0.1) is 0 Å². The third kappa shape index (κ3) is 5.56. The van der Waals surface area contributed by atoms with Crippen molar-refractivity contribution in [1.29, 1.82) is 0 Å². The van der Waals surface area contributed by atoms with E-state index in [4.69, 9.17) is 0 Å². The van der Waals surface area contributed by atoms with Crippen LogP contribution in [0.15, 0.2) is 24.8 Å². The summed E-state index contributed by atoms with van der Waals surface area (Å²) in [4.78, 5) is 10.6. The maximum absolute atomic E-state index is 10.6. The fraction of sp³-hybridized carbons (Fsp3) is 0.286. The van der Waals surface area contributed by atoms with E-state index in [2.05, 4.69) is 27.2 Å². The average molecular weight is 205 g/mol. The first-order valence-electron chi connectivity index (χ1n) is 2.81. The normalized spacial score (nSPS) is 9.70. The third-order valence-electron chi connectivity index (χ3n) is 0.686. The number of alkyl halides is 1. The van der Waals surface area contributed by atoms with Gasteiger partial charge in [-0.1, -0.05) is 34.7 Å². The predicted octanol–water partition coefficient (Wildman–Crippen LogP) is 1.67. The highest BCUT2D eigenvalue weighted by molar-refractivity contribution is 9.09. The highest BCUT2D eigenvalue weighted by atomic mass is 79.9. The van der Waals surface area contributed by atoms with Crippen LogP contribution in [-0.2, 0) is 9.53 Å². The van der Waals surface area contributed by atoms with Crippen LogP contribution in [0.4, 0.5) is 0 Å². The minimum absolute atomic E-state index is 0.269. The standard InChI is InChI=1S/C7H9BrO2/c1-2-6-10-7(9)4-3-5-8/h2-4H,1,5-6H2. The highest BCUT2D eigenvalue weighted by Gasteiger charge is 1.90. The number of halogens is 1. The SMILES string of the molecule is C=CCOC(=O)C=CCBr. The van der Waals surface area contributed by atoms with Crippen LogP contribution in [0.1, 0.15) is 0 Å². The molecule has 0 aromatic rings. The van der Waals surface area contributed by atoms with Crippen molar-refractivity contribution < 1.29 is 9.53 Å². The number of esters is 1. The summed E-state index contributed by atoms with van der Waals surface area (Å²) < 4.78 is 4.63. The first kappa shape index (κ1) is 9.43. The van der Waals surface area contributed by atoms with Crippen molar-refractivity contribution in [3.05, 3.63) is 24.8 Å². The van der Waals surface area contributed by atoms with E-state index in [9.17, 15) is 4.79 Å². The Morgan fingerprint density at radius 2 is 2.40 bits per heavy atom. The molecule has 0 unspecified atom stereocenters. The van der Waals surface area contributed by atoms with E-state index >= 15 is 0 Å². The van der Waals surface area contributed by atoms with Crippen LogP contribution in [0.5, 0.6) is 0 Å². The minimum atomic E-state index is -0.334. The Balaban J connectivity index is 3.43. The minimum Gasteiger partial charge on any atom is -0.458 e. The van der Waals surface area contributed by atoms with Crippen molar-refractivity contribution in [2.45, 2.75) is 0 Å². The Bertz CT molecular complexity index is 141. The predicted molar refractivity (Wildman–Crippen MR) is 44.1 cm³/mol. The molecule has 0 aliphatic rings. The summed E-state index contributed by atoms with van der Waals surface area (Å²) in [6.45, 7) is 3.67. The molecule has 56 valence electrons. The van der Waals surface area contributed by atoms with Gasteiger partial charge < -0.3 is 4.74 Å². The van der Waals surface area contributed by atoms with E-state index < -0.39 is 0 Å². The molecule has 0 bridgehead atoms. The van der Waals surface area contributed by atoms with Gasteiger partial charge in [0.15, 0.2) is 0 Å². The highest BCUT2D eigenvalue weighted by Crippen LogP contribution is 1.85. The van der Waals surface area contributed by atoms with Crippen molar-refractivity contribution in [2.24, 2.45) is 0 Å². The number of hydrogen-bond acceptors (Lipinski definition) is 2. The van der Waals surface area contributed by atoms with Gasteiger partial charge in [-0.2, -0.15) is 0 Å². The second kappa shape index (κ2) is 6.55. The quantitative estimate of drug-likeness (QED) is 0.302. The van der Waals surface area contributed by atoms with Gasteiger partial charge in [-0.05, 0) is 0 Å². The number of allylic oxidation sites excluding steroid dienone is 1. The van der Waals surface area contributed by atoms with E-state index in [1.54, 1.807) is 6.08 Å². The van der Waals surface area contributed by atoms with Crippen molar-refractivity contribution in [1.82, 2.24) is 0 Å². The number of carbonyl (C=O) groups is 1. The van der Waals surface area contributed by atoms with Gasteiger partial charge in [0.25, 0.3) is 0 Å². The molecule has 0 spiro atoms. The maximum Gasteiger partial charge on any atom is 0.330 e. The Labute approximate surface area is 68.7 Å². The molecule has 0 aliphatic carbocycles. The summed E-state index contributed by atoms with van der Waals surface area (Å²) in [5.74, 6) is -0.334. The number of hydrogen-bond donors (Lipinski definition) is 0. The Morgan fingerprint density at radius 3 is 2.90 bits per heavy atom. The topological polar surface area (TPSA) is 26.3 Å². The lowest BCUT2D eigenvalue weighted by Crippen LogP contribution is -1.99. The molecule has 0 saturated heterocycles. The smallest absolute Gasteiger partial charge is 0.330 e. The molecule has 0 aromatic carbocycles. The van der Waals surface area contributed by atoms with Crippen molar-refractivity contribution in [3.8, 4) is 0 Å². The van der Waals surface area contributed by atoms with E-state index in [0.29, 0.717) is 5.33 Å². The van der Waals surface area contributed by atoms with E-state index in [1.807, 2.05) is 0 Å². The maximum atomic E-state index is 10.6. The summed E-state index contributed by atoms with van der Waals surface area (Å²) in [5, 5.41) is 0.663. The Kier molecular flexibility index (Phi) is 6.18. The molecule has 0 rings (SSSR count). The summed E-state index contributed by atoms with van der Waals surface area (Å²) in [7, 11) is 0. The second-order valence-electron chi connectivity index (χ2n) is 1.48. The molecule has 0 N–H and O–H groups in total. The second-order valence-corrected chi connectivity index (χ2v) is 2.12. The van der Waals surface area contributed by atoms with Crippen molar-refractivity contribution in [2.75, 3.05) is 11.9 Å². The Morgan fingerprint density at radius 1 is 1.70 bits per heavy atom. The molecule has 0 atom stereocenters. The first-order valence-corrected chi connectivity index (χ1v) is 3.93. The van der Waals surface area contributed by atoms with Gasteiger partial charge in [-0.3, -0.25) is 0 Å². The lowest BCUT2D eigenvalue weighted by molar-refractivity contribution is -0.136. The molecule has 0 aromatic heterocycles. The lowest BCUT2D eigenvalue weighted by Gasteiger charge is -1.93. The van der Waals surface area contributed by atoms with Gasteiger partial charge in [-0.15, -0.1) is 0 Å². The van der Waals surface area contributed by atoms with Crippen LogP contribution >= 0.6 is 15.9 Å². The monoisotopic (exact) mass is 204 g/mol. The molecule has 10 heavy (non-hydrogen) atoms. The van der Waals surface area contributed by atoms with Crippen LogP contribution in [0.3, 0.4) is 0 Å². The van der Waals surface area contributed by atoms with Gasteiger partial charge in [0.1, 0.15) is 6.61 Å². The third-order valence-corrected chi connectivity index (χ3v) is 1.06. The van der Waals surface area contributed by atoms with Crippen LogP contribution < -0.4 is 0 Å². The van der Waals surface area contributed by atoms with Gasteiger partial charge in [-0.25, -0.2) is 4.79 Å². The Hall–Kier alpha value is -0.570. The van der Waals surface area contributed by atoms with Crippen molar-refractivity contribution >= 4 is 21.9 Å². The van der Waals surface area contributed by atoms with Gasteiger partial charge >= 0.3 is 5.97 Å². The number of rotatable bonds is 4. The molecular weight excluding hydrogens is 196 g/mol. The molecule has 0 amide bonds. The fourth-order valence-electron chi connectivity index (χ4n) is 0.330.